The summed E-state index contributed by atoms with van der Waals surface area (Å²) in [5.41, 5.74) is 2.98. The van der Waals surface area contributed by atoms with Gasteiger partial charge in [0.1, 0.15) is 0 Å². The van der Waals surface area contributed by atoms with Crippen molar-refractivity contribution >= 4 is 16.7 Å². The van der Waals surface area contributed by atoms with Gasteiger partial charge in [-0.1, -0.05) is 48.5 Å². The predicted octanol–water partition coefficient (Wildman–Crippen LogP) is 3.87. The number of rotatable bonds is 5. The normalized spacial score (nSPS) is 12.7. The van der Waals surface area contributed by atoms with E-state index < -0.39 is 0 Å². The number of likely N-dealkylation sites (N-methyl/N-ethyl adjacent to an activating group) is 1. The molecular weight excluding hydrogens is 272 g/mol. The van der Waals surface area contributed by atoms with Crippen molar-refractivity contribution in [3.05, 3.63) is 71.9 Å². The number of nitrogens with zero attached hydrogens (tertiary/aromatic N) is 1. The molecule has 0 aliphatic rings. The minimum Gasteiger partial charge on any atom is -0.360 e. The number of Topliss-reactive ketones (excluding diaryl/α,β-unsaturated/α-hetero) is 1. The summed E-state index contributed by atoms with van der Waals surface area (Å²) in [4.78, 5) is 18.0. The lowest BCUT2D eigenvalue weighted by atomic mass is 10.0. The van der Waals surface area contributed by atoms with E-state index in [0.717, 1.165) is 23.0 Å². The minimum absolute atomic E-state index is 0.149. The summed E-state index contributed by atoms with van der Waals surface area (Å²) in [5, 5.41) is 0.993. The molecule has 0 bridgehead atoms. The third-order valence-electron chi connectivity index (χ3n) is 4.17. The zero-order valence-electron chi connectivity index (χ0n) is 12.9. The molecular formula is C19H20N2O. The second-order valence-corrected chi connectivity index (χ2v) is 5.69. The number of fused-ring (bicyclic) bond motifs is 1. The van der Waals surface area contributed by atoms with Crippen LogP contribution < -0.4 is 0 Å². The van der Waals surface area contributed by atoms with E-state index in [4.69, 9.17) is 0 Å². The first-order valence-electron chi connectivity index (χ1n) is 7.51. The van der Waals surface area contributed by atoms with Crippen molar-refractivity contribution in [1.82, 2.24) is 9.88 Å². The number of aromatic nitrogens is 1. The van der Waals surface area contributed by atoms with Crippen LogP contribution in [0.2, 0.25) is 0 Å². The highest BCUT2D eigenvalue weighted by Crippen LogP contribution is 2.20. The summed E-state index contributed by atoms with van der Waals surface area (Å²) in [6.45, 7) is 2.73. The fraction of sp³-hybridized carbons (Fsp3) is 0.211. The SMILES string of the molecule is C[C@@H](C(=O)c1c[nH]c2ccccc12)N(C)Cc1ccccc1. The predicted molar refractivity (Wildman–Crippen MR) is 90.0 cm³/mol. The van der Waals surface area contributed by atoms with Crippen molar-refractivity contribution in [1.29, 1.82) is 0 Å². The number of benzene rings is 2. The molecule has 0 spiro atoms. The Morgan fingerprint density at radius 1 is 1.09 bits per heavy atom. The van der Waals surface area contributed by atoms with E-state index in [2.05, 4.69) is 22.0 Å². The van der Waals surface area contributed by atoms with E-state index in [1.165, 1.54) is 5.56 Å². The van der Waals surface area contributed by atoms with Crippen molar-refractivity contribution in [2.75, 3.05) is 7.05 Å². The number of para-hydroxylation sites is 1. The molecule has 2 aromatic carbocycles. The van der Waals surface area contributed by atoms with Gasteiger partial charge in [0.25, 0.3) is 0 Å². The highest BCUT2D eigenvalue weighted by Gasteiger charge is 2.22. The van der Waals surface area contributed by atoms with Crippen molar-refractivity contribution in [3.8, 4) is 0 Å². The molecule has 22 heavy (non-hydrogen) atoms. The summed E-state index contributed by atoms with van der Waals surface area (Å²) < 4.78 is 0. The summed E-state index contributed by atoms with van der Waals surface area (Å²) in [5.74, 6) is 0.149. The molecule has 3 nitrogen and oxygen atoms in total. The van der Waals surface area contributed by atoms with Crippen LogP contribution in [0, 0.1) is 0 Å². The van der Waals surface area contributed by atoms with Crippen molar-refractivity contribution in [2.24, 2.45) is 0 Å². The Kier molecular flexibility index (Phi) is 4.07. The number of H-pyrrole nitrogens is 1. The van der Waals surface area contributed by atoms with Crippen LogP contribution in [0.4, 0.5) is 0 Å². The van der Waals surface area contributed by atoms with Crippen LogP contribution in [0.15, 0.2) is 60.8 Å². The maximum atomic E-state index is 12.8. The van der Waals surface area contributed by atoms with Crippen LogP contribution >= 0.6 is 0 Å². The van der Waals surface area contributed by atoms with Crippen LogP contribution in [0.3, 0.4) is 0 Å². The van der Waals surface area contributed by atoms with Gasteiger partial charge in [-0.3, -0.25) is 9.69 Å². The maximum absolute atomic E-state index is 12.8. The van der Waals surface area contributed by atoms with Crippen LogP contribution in [0.5, 0.6) is 0 Å². The second kappa shape index (κ2) is 6.16. The Balaban J connectivity index is 1.79. The Morgan fingerprint density at radius 2 is 1.77 bits per heavy atom. The van der Waals surface area contributed by atoms with E-state index in [0.29, 0.717) is 0 Å². The molecule has 3 aromatic rings. The van der Waals surface area contributed by atoms with E-state index in [9.17, 15) is 4.79 Å². The van der Waals surface area contributed by atoms with Gasteiger partial charge in [-0.25, -0.2) is 0 Å². The van der Waals surface area contributed by atoms with E-state index in [1.807, 2.05) is 62.6 Å². The average molecular weight is 292 g/mol. The number of carbonyl (C=O) groups is 1. The first-order valence-corrected chi connectivity index (χ1v) is 7.51. The number of hydrogen-bond acceptors (Lipinski definition) is 2. The number of ketones is 1. The van der Waals surface area contributed by atoms with Gasteiger partial charge in [0.05, 0.1) is 6.04 Å². The number of hydrogen-bond donors (Lipinski definition) is 1. The van der Waals surface area contributed by atoms with E-state index in [-0.39, 0.29) is 11.8 Å². The molecule has 1 heterocycles. The average Bonchev–Trinajstić information content (AvgIpc) is 2.98. The molecule has 0 radical (unpaired) electrons. The zero-order valence-corrected chi connectivity index (χ0v) is 12.9. The van der Waals surface area contributed by atoms with Crippen LogP contribution in [0.1, 0.15) is 22.8 Å². The van der Waals surface area contributed by atoms with Crippen LogP contribution in [-0.2, 0) is 6.54 Å². The fourth-order valence-electron chi connectivity index (χ4n) is 2.71. The lowest BCUT2D eigenvalue weighted by Gasteiger charge is -2.23. The van der Waals surface area contributed by atoms with Gasteiger partial charge < -0.3 is 4.98 Å². The number of aromatic amines is 1. The van der Waals surface area contributed by atoms with Gasteiger partial charge in [-0.2, -0.15) is 0 Å². The molecule has 0 unspecified atom stereocenters. The standard InChI is InChI=1S/C19H20N2O/c1-14(21(2)13-15-8-4-3-5-9-15)19(22)17-12-20-18-11-7-6-10-16(17)18/h3-12,14,20H,13H2,1-2H3/t14-/m0/s1. The highest BCUT2D eigenvalue weighted by atomic mass is 16.1. The van der Waals surface area contributed by atoms with E-state index in [1.54, 1.807) is 0 Å². The monoisotopic (exact) mass is 292 g/mol. The highest BCUT2D eigenvalue weighted by molar-refractivity contribution is 6.10. The summed E-state index contributed by atoms with van der Waals surface area (Å²) in [7, 11) is 1.99. The molecule has 3 heteroatoms. The molecule has 0 amide bonds. The van der Waals surface area contributed by atoms with Crippen molar-refractivity contribution < 1.29 is 4.79 Å². The molecule has 0 aliphatic heterocycles. The lowest BCUT2D eigenvalue weighted by molar-refractivity contribution is 0.0864. The molecule has 0 aliphatic carbocycles. The fourth-order valence-corrected chi connectivity index (χ4v) is 2.71. The molecule has 0 saturated heterocycles. The Hall–Kier alpha value is -2.39. The topological polar surface area (TPSA) is 36.1 Å². The lowest BCUT2D eigenvalue weighted by Crippen LogP contribution is -2.35. The van der Waals surface area contributed by atoms with Crippen molar-refractivity contribution in [2.45, 2.75) is 19.5 Å². The maximum Gasteiger partial charge on any atom is 0.181 e. The number of carbonyl (C=O) groups excluding carboxylic acids is 1. The Bertz CT molecular complexity index is 776. The molecule has 1 N–H and O–H groups in total. The van der Waals surface area contributed by atoms with Crippen LogP contribution in [0.25, 0.3) is 10.9 Å². The Morgan fingerprint density at radius 3 is 2.55 bits per heavy atom. The molecule has 0 fully saturated rings. The van der Waals surface area contributed by atoms with Gasteiger partial charge in [-0.05, 0) is 25.6 Å². The molecule has 1 aromatic heterocycles. The second-order valence-electron chi connectivity index (χ2n) is 5.69. The molecule has 0 saturated carbocycles. The van der Waals surface area contributed by atoms with Gasteiger partial charge in [0, 0.05) is 29.2 Å². The first-order chi connectivity index (χ1) is 10.7. The first kappa shape index (κ1) is 14.5. The van der Waals surface area contributed by atoms with Gasteiger partial charge in [-0.15, -0.1) is 0 Å². The third kappa shape index (κ3) is 2.81. The number of nitrogens with one attached hydrogen (secondary N) is 1. The van der Waals surface area contributed by atoms with E-state index >= 15 is 0 Å². The zero-order chi connectivity index (χ0) is 15.5. The van der Waals surface area contributed by atoms with Gasteiger partial charge in [0.2, 0.25) is 0 Å². The summed E-state index contributed by atoms with van der Waals surface area (Å²) >= 11 is 0. The molecule has 1 atom stereocenters. The summed E-state index contributed by atoms with van der Waals surface area (Å²) in [6, 6.07) is 18.0. The van der Waals surface area contributed by atoms with Gasteiger partial charge in [0.15, 0.2) is 5.78 Å². The third-order valence-corrected chi connectivity index (χ3v) is 4.17. The molecule has 112 valence electrons. The quantitative estimate of drug-likeness (QED) is 0.725. The molecule has 3 rings (SSSR count). The Labute approximate surface area is 130 Å². The largest absolute Gasteiger partial charge is 0.360 e. The van der Waals surface area contributed by atoms with Gasteiger partial charge >= 0.3 is 0 Å². The minimum atomic E-state index is -0.167. The van der Waals surface area contributed by atoms with Crippen molar-refractivity contribution in [3.63, 3.8) is 0 Å². The van der Waals surface area contributed by atoms with Crippen LogP contribution in [-0.4, -0.2) is 28.8 Å². The smallest absolute Gasteiger partial charge is 0.181 e. The summed E-state index contributed by atoms with van der Waals surface area (Å²) in [6.07, 6.45) is 1.82.